The lowest BCUT2D eigenvalue weighted by atomic mass is 10.1. The van der Waals surface area contributed by atoms with Gasteiger partial charge in [-0.3, -0.25) is 20.4 Å². The smallest absolute Gasteiger partial charge is 0.305 e. The quantitative estimate of drug-likeness (QED) is 0.417. The Labute approximate surface area is 179 Å². The van der Waals surface area contributed by atoms with Crippen molar-refractivity contribution in [2.75, 3.05) is 19.6 Å². The number of nitrogens with zero attached hydrogens (tertiary/aromatic N) is 4. The number of hydrogen-bond donors (Lipinski definition) is 2. The van der Waals surface area contributed by atoms with E-state index in [2.05, 4.69) is 25.9 Å². The largest absolute Gasteiger partial charge is 0.481 e. The summed E-state index contributed by atoms with van der Waals surface area (Å²) in [5, 5.41) is 4.57. The monoisotopic (exact) mass is 424 g/mol. The van der Waals surface area contributed by atoms with Gasteiger partial charge in [0.25, 0.3) is 5.91 Å². The number of carbonyl (C=O) groups is 2. The number of aryl methyl sites for hydroxylation is 1. The van der Waals surface area contributed by atoms with Crippen LogP contribution in [0.25, 0.3) is 5.69 Å². The van der Waals surface area contributed by atoms with Gasteiger partial charge >= 0.3 is 5.97 Å². The second-order valence-corrected chi connectivity index (χ2v) is 6.69. The number of ether oxygens (including phenoxy) is 2. The molecule has 31 heavy (non-hydrogen) atoms. The molecule has 3 rings (SSSR count). The van der Waals surface area contributed by atoms with Crippen LogP contribution in [0.3, 0.4) is 0 Å². The van der Waals surface area contributed by atoms with Gasteiger partial charge in [-0.2, -0.15) is 10.1 Å². The predicted octanol–water partition coefficient (Wildman–Crippen LogP) is 2.15. The number of anilines is 1. The maximum Gasteiger partial charge on any atom is 0.305 e. The number of rotatable bonds is 8. The number of hydrogen-bond acceptors (Lipinski definition) is 8. The highest BCUT2D eigenvalue weighted by atomic mass is 16.5. The van der Waals surface area contributed by atoms with E-state index in [4.69, 9.17) is 9.47 Å². The zero-order valence-electron chi connectivity index (χ0n) is 17.8. The first-order valence-electron chi connectivity index (χ1n) is 9.58. The first-order chi connectivity index (χ1) is 14.9. The summed E-state index contributed by atoms with van der Waals surface area (Å²) < 4.78 is 11.5. The van der Waals surface area contributed by atoms with Gasteiger partial charge in [0.05, 0.1) is 25.6 Å². The van der Waals surface area contributed by atoms with E-state index in [0.29, 0.717) is 24.3 Å². The third-order valence-corrected chi connectivity index (χ3v) is 4.75. The Bertz CT molecular complexity index is 1080. The van der Waals surface area contributed by atoms with Gasteiger partial charge < -0.3 is 9.47 Å². The van der Waals surface area contributed by atoms with Crippen molar-refractivity contribution < 1.29 is 19.1 Å². The van der Waals surface area contributed by atoms with Crippen LogP contribution in [0.5, 0.6) is 5.88 Å². The number of nitrogens with one attached hydrogen (secondary N) is 2. The van der Waals surface area contributed by atoms with E-state index < -0.39 is 0 Å². The van der Waals surface area contributed by atoms with Crippen LogP contribution in [0.2, 0.25) is 0 Å². The van der Waals surface area contributed by atoms with E-state index in [0.717, 1.165) is 22.6 Å². The molecule has 2 heterocycles. The summed E-state index contributed by atoms with van der Waals surface area (Å²) >= 11 is 0. The Balaban J connectivity index is 1.68. The molecule has 0 saturated carbocycles. The van der Waals surface area contributed by atoms with Crippen LogP contribution in [0.4, 0.5) is 5.95 Å². The van der Waals surface area contributed by atoms with Crippen LogP contribution in [0.1, 0.15) is 33.7 Å². The van der Waals surface area contributed by atoms with Gasteiger partial charge in [-0.1, -0.05) is 0 Å². The molecular formula is C21H24N6O4. The molecule has 0 unspecified atom stereocenters. The molecule has 0 aliphatic heterocycles. The summed E-state index contributed by atoms with van der Waals surface area (Å²) in [6.45, 7) is 3.86. The molecule has 0 atom stereocenters. The van der Waals surface area contributed by atoms with Crippen LogP contribution in [0.15, 0.2) is 36.5 Å². The minimum Gasteiger partial charge on any atom is -0.481 e. The number of hydrazine groups is 1. The van der Waals surface area contributed by atoms with E-state index in [1.165, 1.54) is 20.4 Å². The molecule has 3 aromatic rings. The van der Waals surface area contributed by atoms with Crippen LogP contribution in [0, 0.1) is 13.8 Å². The van der Waals surface area contributed by atoms with Crippen molar-refractivity contribution in [1.29, 1.82) is 0 Å². The SMILES string of the molecule is COC(=O)CCc1c(C)nn(-c2ccc(C(=O)NNc3nccc(OC)n3)cc2)c1C. The maximum absolute atomic E-state index is 12.4. The number of methoxy groups -OCH3 is 2. The highest BCUT2D eigenvalue weighted by molar-refractivity contribution is 5.94. The van der Waals surface area contributed by atoms with E-state index in [-0.39, 0.29) is 17.8 Å². The Morgan fingerprint density at radius 2 is 1.84 bits per heavy atom. The summed E-state index contributed by atoms with van der Waals surface area (Å²) in [6.07, 6.45) is 2.37. The molecule has 1 aromatic carbocycles. The summed E-state index contributed by atoms with van der Waals surface area (Å²) in [4.78, 5) is 31.9. The number of benzene rings is 1. The van der Waals surface area contributed by atoms with Crippen molar-refractivity contribution in [1.82, 2.24) is 25.2 Å². The highest BCUT2D eigenvalue weighted by Crippen LogP contribution is 2.20. The molecule has 0 bridgehead atoms. The standard InChI is InChI=1S/C21H24N6O4/c1-13-17(9-10-19(28)31-4)14(2)27(26-13)16-7-5-15(6-8-16)20(29)24-25-21-22-12-11-18(23-21)30-3/h5-8,11-12H,9-10H2,1-4H3,(H,24,29)(H,22,23,25). The minimum atomic E-state index is -0.342. The lowest BCUT2D eigenvalue weighted by molar-refractivity contribution is -0.140. The van der Waals surface area contributed by atoms with Gasteiger partial charge in [0, 0.05) is 29.9 Å². The number of aromatic nitrogens is 4. The minimum absolute atomic E-state index is 0.214. The second-order valence-electron chi connectivity index (χ2n) is 6.69. The summed E-state index contributed by atoms with van der Waals surface area (Å²) in [5.41, 5.74) is 9.27. The molecule has 10 heteroatoms. The van der Waals surface area contributed by atoms with E-state index in [1.54, 1.807) is 35.0 Å². The Hall–Kier alpha value is -3.95. The van der Waals surface area contributed by atoms with Gasteiger partial charge in [0.2, 0.25) is 11.8 Å². The fourth-order valence-corrected chi connectivity index (χ4v) is 3.07. The van der Waals surface area contributed by atoms with Crippen LogP contribution < -0.4 is 15.6 Å². The summed E-state index contributed by atoms with van der Waals surface area (Å²) in [5.74, 6) is -0.00151. The fraction of sp³-hybridized carbons (Fsp3) is 0.286. The van der Waals surface area contributed by atoms with Crippen molar-refractivity contribution in [3.05, 3.63) is 59.0 Å². The third-order valence-electron chi connectivity index (χ3n) is 4.75. The highest BCUT2D eigenvalue weighted by Gasteiger charge is 2.15. The van der Waals surface area contributed by atoms with Crippen molar-refractivity contribution in [2.24, 2.45) is 0 Å². The zero-order chi connectivity index (χ0) is 22.4. The molecule has 0 saturated heterocycles. The van der Waals surface area contributed by atoms with Crippen molar-refractivity contribution >= 4 is 17.8 Å². The van der Waals surface area contributed by atoms with Gasteiger partial charge in [0.1, 0.15) is 0 Å². The van der Waals surface area contributed by atoms with E-state index >= 15 is 0 Å². The fourth-order valence-electron chi connectivity index (χ4n) is 3.07. The lowest BCUT2D eigenvalue weighted by Crippen LogP contribution is -2.30. The van der Waals surface area contributed by atoms with Gasteiger partial charge in [-0.15, -0.1) is 0 Å². The number of carbonyl (C=O) groups excluding carboxylic acids is 2. The number of esters is 1. The molecule has 0 aliphatic rings. The van der Waals surface area contributed by atoms with Crippen LogP contribution in [-0.4, -0.2) is 45.8 Å². The molecule has 0 aliphatic carbocycles. The molecule has 2 aromatic heterocycles. The zero-order valence-corrected chi connectivity index (χ0v) is 17.8. The molecule has 1 amide bonds. The van der Waals surface area contributed by atoms with Crippen molar-refractivity contribution in [2.45, 2.75) is 26.7 Å². The molecule has 0 spiro atoms. The Kier molecular flexibility index (Phi) is 6.81. The Morgan fingerprint density at radius 3 is 2.52 bits per heavy atom. The third kappa shape index (κ3) is 5.16. The van der Waals surface area contributed by atoms with Gasteiger partial charge in [-0.05, 0) is 50.1 Å². The normalized spacial score (nSPS) is 10.5. The average Bonchev–Trinajstić information content (AvgIpc) is 3.09. The van der Waals surface area contributed by atoms with Crippen LogP contribution >= 0.6 is 0 Å². The van der Waals surface area contributed by atoms with Crippen molar-refractivity contribution in [3.8, 4) is 11.6 Å². The topological polar surface area (TPSA) is 120 Å². The molecule has 0 radical (unpaired) electrons. The van der Waals surface area contributed by atoms with Crippen LogP contribution in [-0.2, 0) is 16.0 Å². The van der Waals surface area contributed by atoms with Gasteiger partial charge in [0.15, 0.2) is 0 Å². The summed E-state index contributed by atoms with van der Waals surface area (Å²) in [7, 11) is 2.87. The first-order valence-corrected chi connectivity index (χ1v) is 9.58. The molecule has 2 N–H and O–H groups in total. The molecule has 162 valence electrons. The van der Waals surface area contributed by atoms with E-state index in [1.807, 2.05) is 13.8 Å². The average molecular weight is 424 g/mol. The number of amides is 1. The molecule has 0 fully saturated rings. The molecule has 10 nitrogen and oxygen atoms in total. The lowest BCUT2D eigenvalue weighted by Gasteiger charge is -2.09. The van der Waals surface area contributed by atoms with Gasteiger partial charge in [-0.25, -0.2) is 9.67 Å². The second kappa shape index (κ2) is 9.70. The first kappa shape index (κ1) is 21.8. The maximum atomic E-state index is 12.4. The summed E-state index contributed by atoms with van der Waals surface area (Å²) in [6, 6.07) is 8.61. The molecular weight excluding hydrogens is 400 g/mol. The van der Waals surface area contributed by atoms with E-state index in [9.17, 15) is 9.59 Å². The predicted molar refractivity (Wildman–Crippen MR) is 113 cm³/mol. The van der Waals surface area contributed by atoms with Crippen molar-refractivity contribution in [3.63, 3.8) is 0 Å². The Morgan fingerprint density at radius 1 is 1.10 bits per heavy atom.